The van der Waals surface area contributed by atoms with Crippen molar-refractivity contribution in [3.05, 3.63) is 88.9 Å². The van der Waals surface area contributed by atoms with Crippen LogP contribution in [0.1, 0.15) is 11.1 Å². The molecule has 3 aromatic rings. The van der Waals surface area contributed by atoms with Gasteiger partial charge in [-0.1, -0.05) is 53.9 Å². The number of halogens is 1. The van der Waals surface area contributed by atoms with E-state index < -0.39 is 5.97 Å². The predicted molar refractivity (Wildman–Crippen MR) is 102 cm³/mol. The SMILES string of the molecule is O=C(O)C#Cc1ccc(OCc2cccc(-c3ccccc3Cl)c2)cc1. The first-order valence-electron chi connectivity index (χ1n) is 7.93. The molecule has 0 spiro atoms. The lowest BCUT2D eigenvalue weighted by molar-refractivity contribution is -0.130. The number of rotatable bonds is 4. The topological polar surface area (TPSA) is 46.5 Å². The van der Waals surface area contributed by atoms with Gasteiger partial charge in [-0.25, -0.2) is 4.79 Å². The van der Waals surface area contributed by atoms with Crippen LogP contribution in [0.5, 0.6) is 5.75 Å². The van der Waals surface area contributed by atoms with Crippen molar-refractivity contribution in [3.63, 3.8) is 0 Å². The summed E-state index contributed by atoms with van der Waals surface area (Å²) in [5.41, 5.74) is 3.67. The van der Waals surface area contributed by atoms with E-state index >= 15 is 0 Å². The standard InChI is InChI=1S/C22H15ClO3/c23-21-7-2-1-6-20(21)18-5-3-4-17(14-18)15-26-19-11-8-16(9-12-19)10-13-22(24)25/h1-9,11-12,14H,15H2,(H,24,25). The molecule has 0 aliphatic heterocycles. The molecule has 0 saturated carbocycles. The minimum atomic E-state index is -1.15. The van der Waals surface area contributed by atoms with Crippen molar-refractivity contribution in [3.8, 4) is 28.7 Å². The Kier molecular flexibility index (Phi) is 5.58. The third-order valence-corrected chi connectivity index (χ3v) is 4.02. The Morgan fingerprint density at radius 1 is 1.00 bits per heavy atom. The quantitative estimate of drug-likeness (QED) is 0.663. The molecule has 0 fully saturated rings. The van der Waals surface area contributed by atoms with Crippen molar-refractivity contribution in [2.45, 2.75) is 6.61 Å². The molecular formula is C22H15ClO3. The first-order valence-corrected chi connectivity index (χ1v) is 8.31. The molecule has 0 atom stereocenters. The highest BCUT2D eigenvalue weighted by molar-refractivity contribution is 6.33. The normalized spacial score (nSPS) is 9.88. The van der Waals surface area contributed by atoms with Crippen LogP contribution in [0, 0.1) is 11.8 Å². The molecule has 0 bridgehead atoms. The summed E-state index contributed by atoms with van der Waals surface area (Å²) in [6.07, 6.45) is 0. The third kappa shape index (κ3) is 4.66. The van der Waals surface area contributed by atoms with Gasteiger partial charge in [0.25, 0.3) is 0 Å². The molecule has 3 aromatic carbocycles. The monoisotopic (exact) mass is 362 g/mol. The predicted octanol–water partition coefficient (Wildman–Crippen LogP) is 5.02. The van der Waals surface area contributed by atoms with Crippen LogP contribution in [0.3, 0.4) is 0 Å². The van der Waals surface area contributed by atoms with E-state index in [1.165, 1.54) is 0 Å². The van der Waals surface area contributed by atoms with Crippen LogP contribution >= 0.6 is 11.6 Å². The van der Waals surface area contributed by atoms with Gasteiger partial charge in [-0.3, -0.25) is 0 Å². The number of ether oxygens (including phenoxy) is 1. The molecule has 0 saturated heterocycles. The molecule has 3 nitrogen and oxygen atoms in total. The van der Waals surface area contributed by atoms with Gasteiger partial charge in [0.1, 0.15) is 12.4 Å². The lowest BCUT2D eigenvalue weighted by atomic mass is 10.0. The Hall–Kier alpha value is -3.22. The van der Waals surface area contributed by atoms with Crippen molar-refractivity contribution in [2.24, 2.45) is 0 Å². The van der Waals surface area contributed by atoms with Crippen molar-refractivity contribution >= 4 is 17.6 Å². The van der Waals surface area contributed by atoms with Gasteiger partial charge in [0.15, 0.2) is 0 Å². The van der Waals surface area contributed by atoms with Crippen molar-refractivity contribution in [2.75, 3.05) is 0 Å². The summed E-state index contributed by atoms with van der Waals surface area (Å²) in [5.74, 6) is 4.18. The largest absolute Gasteiger partial charge is 0.489 e. The number of hydrogen-bond donors (Lipinski definition) is 1. The second kappa shape index (κ2) is 8.24. The average Bonchev–Trinajstić information content (AvgIpc) is 2.66. The van der Waals surface area contributed by atoms with Crippen molar-refractivity contribution < 1.29 is 14.6 Å². The van der Waals surface area contributed by atoms with Crippen LogP contribution < -0.4 is 4.74 Å². The van der Waals surface area contributed by atoms with E-state index in [1.54, 1.807) is 24.3 Å². The maximum atomic E-state index is 10.4. The average molecular weight is 363 g/mol. The molecule has 3 rings (SSSR count). The minimum Gasteiger partial charge on any atom is -0.489 e. The zero-order chi connectivity index (χ0) is 18.4. The summed E-state index contributed by atoms with van der Waals surface area (Å²) in [4.78, 5) is 10.4. The van der Waals surface area contributed by atoms with Crippen LogP contribution in [0.15, 0.2) is 72.8 Å². The van der Waals surface area contributed by atoms with E-state index in [-0.39, 0.29) is 0 Å². The molecule has 26 heavy (non-hydrogen) atoms. The van der Waals surface area contributed by atoms with Crippen LogP contribution in [0.4, 0.5) is 0 Å². The van der Waals surface area contributed by atoms with Gasteiger partial charge in [0.05, 0.1) is 0 Å². The van der Waals surface area contributed by atoms with Gasteiger partial charge in [-0.15, -0.1) is 0 Å². The van der Waals surface area contributed by atoms with E-state index in [9.17, 15) is 4.79 Å². The van der Waals surface area contributed by atoms with Crippen molar-refractivity contribution in [1.29, 1.82) is 0 Å². The summed E-state index contributed by atoms with van der Waals surface area (Å²) >= 11 is 6.27. The number of carbonyl (C=O) groups is 1. The molecule has 128 valence electrons. The van der Waals surface area contributed by atoms with Crippen LogP contribution in [0.2, 0.25) is 5.02 Å². The fourth-order valence-corrected chi connectivity index (χ4v) is 2.70. The van der Waals surface area contributed by atoms with Gasteiger partial charge in [-0.2, -0.15) is 0 Å². The van der Waals surface area contributed by atoms with Crippen LogP contribution in [0.25, 0.3) is 11.1 Å². The highest BCUT2D eigenvalue weighted by Crippen LogP contribution is 2.28. The molecule has 0 radical (unpaired) electrons. The zero-order valence-electron chi connectivity index (χ0n) is 13.8. The number of aliphatic carboxylic acids is 1. The highest BCUT2D eigenvalue weighted by atomic mass is 35.5. The molecule has 0 amide bonds. The highest BCUT2D eigenvalue weighted by Gasteiger charge is 2.04. The van der Waals surface area contributed by atoms with Gasteiger partial charge >= 0.3 is 5.97 Å². The van der Waals surface area contributed by atoms with Gasteiger partial charge < -0.3 is 9.84 Å². The van der Waals surface area contributed by atoms with E-state index in [0.29, 0.717) is 22.9 Å². The summed E-state index contributed by atoms with van der Waals surface area (Å²) in [7, 11) is 0. The Balaban J connectivity index is 1.69. The Bertz CT molecular complexity index is 982. The number of benzene rings is 3. The fourth-order valence-electron chi connectivity index (χ4n) is 2.45. The third-order valence-electron chi connectivity index (χ3n) is 3.69. The molecule has 0 unspecified atom stereocenters. The van der Waals surface area contributed by atoms with Gasteiger partial charge in [0.2, 0.25) is 0 Å². The maximum absolute atomic E-state index is 10.4. The van der Waals surface area contributed by atoms with Crippen molar-refractivity contribution in [1.82, 2.24) is 0 Å². The second-order valence-electron chi connectivity index (χ2n) is 5.55. The Labute approximate surface area is 156 Å². The molecular weight excluding hydrogens is 348 g/mol. The summed E-state index contributed by atoms with van der Waals surface area (Å²) in [6.45, 7) is 0.415. The van der Waals surface area contributed by atoms with E-state index in [1.807, 2.05) is 48.5 Å². The molecule has 0 aliphatic rings. The summed E-state index contributed by atoms with van der Waals surface area (Å²) in [6, 6.07) is 22.7. The Morgan fingerprint density at radius 3 is 2.50 bits per heavy atom. The number of carboxylic acids is 1. The van der Waals surface area contributed by atoms with Gasteiger partial charge in [0, 0.05) is 22.1 Å². The second-order valence-corrected chi connectivity index (χ2v) is 5.96. The fraction of sp³-hybridized carbons (Fsp3) is 0.0455. The van der Waals surface area contributed by atoms with E-state index in [2.05, 4.69) is 11.8 Å². The smallest absolute Gasteiger partial charge is 0.382 e. The van der Waals surface area contributed by atoms with E-state index in [0.717, 1.165) is 16.7 Å². The molecule has 0 heterocycles. The van der Waals surface area contributed by atoms with E-state index in [4.69, 9.17) is 21.4 Å². The lowest BCUT2D eigenvalue weighted by Crippen LogP contribution is -1.96. The molecule has 0 aromatic heterocycles. The molecule has 0 aliphatic carbocycles. The zero-order valence-corrected chi connectivity index (χ0v) is 14.5. The van der Waals surface area contributed by atoms with Crippen LogP contribution in [-0.2, 0) is 11.4 Å². The summed E-state index contributed by atoms with van der Waals surface area (Å²) in [5, 5.41) is 9.27. The minimum absolute atomic E-state index is 0.415. The number of hydrogen-bond acceptors (Lipinski definition) is 2. The summed E-state index contributed by atoms with van der Waals surface area (Å²) < 4.78 is 5.80. The lowest BCUT2D eigenvalue weighted by Gasteiger charge is -2.09. The Morgan fingerprint density at radius 2 is 1.77 bits per heavy atom. The first kappa shape index (κ1) is 17.6. The maximum Gasteiger partial charge on any atom is 0.382 e. The number of carboxylic acid groups (broad SMARTS) is 1. The molecule has 4 heteroatoms. The van der Waals surface area contributed by atoms with Crippen LogP contribution in [-0.4, -0.2) is 11.1 Å². The van der Waals surface area contributed by atoms with Gasteiger partial charge in [-0.05, 0) is 47.5 Å². The first-order chi connectivity index (χ1) is 12.6. The molecule has 1 N–H and O–H groups in total.